The van der Waals surface area contributed by atoms with Crippen molar-refractivity contribution in [3.63, 3.8) is 0 Å². The Balaban J connectivity index is 2.01. The molecule has 0 saturated heterocycles. The number of rotatable bonds is 9. The predicted molar refractivity (Wildman–Crippen MR) is 63.3 cm³/mol. The number of hydrogen-bond acceptors (Lipinski definition) is 4. The zero-order valence-electron chi connectivity index (χ0n) is 10.3. The molecule has 1 fully saturated rings. The maximum atomic E-state index is 11.7. The third-order valence-electron chi connectivity index (χ3n) is 2.59. The summed E-state index contributed by atoms with van der Waals surface area (Å²) in [7, 11) is 0. The Hall–Kier alpha value is -1.14. The van der Waals surface area contributed by atoms with Crippen molar-refractivity contribution in [1.82, 2.24) is 10.2 Å². The average molecular weight is 243 g/mol. The largest absolute Gasteiger partial charge is 0.370 e. The highest BCUT2D eigenvalue weighted by Crippen LogP contribution is 2.26. The van der Waals surface area contributed by atoms with Crippen LogP contribution in [0.25, 0.3) is 0 Å². The SMILES string of the molecule is CCN(C(=O)CNCCOCC(N)=O)C1CC1. The molecule has 1 saturated carbocycles. The number of nitrogens with zero attached hydrogens (tertiary/aromatic N) is 1. The Labute approximate surface area is 101 Å². The van der Waals surface area contributed by atoms with Crippen LogP contribution in [0, 0.1) is 0 Å². The number of primary amides is 1. The molecule has 0 aromatic rings. The average Bonchev–Trinajstić information content (AvgIpc) is 3.08. The number of nitrogens with one attached hydrogen (secondary N) is 1. The first-order valence-electron chi connectivity index (χ1n) is 6.01. The van der Waals surface area contributed by atoms with E-state index in [1.54, 1.807) is 0 Å². The van der Waals surface area contributed by atoms with E-state index in [1.807, 2.05) is 11.8 Å². The van der Waals surface area contributed by atoms with E-state index in [1.165, 1.54) is 0 Å². The lowest BCUT2D eigenvalue weighted by Gasteiger charge is -2.20. The van der Waals surface area contributed by atoms with Crippen LogP contribution < -0.4 is 11.1 Å². The van der Waals surface area contributed by atoms with Crippen molar-refractivity contribution < 1.29 is 14.3 Å². The highest BCUT2D eigenvalue weighted by Gasteiger charge is 2.30. The Morgan fingerprint density at radius 3 is 2.71 bits per heavy atom. The second-order valence-electron chi connectivity index (χ2n) is 4.11. The lowest BCUT2D eigenvalue weighted by molar-refractivity contribution is -0.130. The molecule has 0 radical (unpaired) electrons. The van der Waals surface area contributed by atoms with Gasteiger partial charge in [0.15, 0.2) is 0 Å². The van der Waals surface area contributed by atoms with Crippen LogP contribution in [0.15, 0.2) is 0 Å². The Kier molecular flexibility index (Phi) is 5.93. The van der Waals surface area contributed by atoms with Gasteiger partial charge in [-0.1, -0.05) is 0 Å². The molecule has 98 valence electrons. The van der Waals surface area contributed by atoms with Crippen LogP contribution in [0.1, 0.15) is 19.8 Å². The van der Waals surface area contributed by atoms with Gasteiger partial charge in [0.05, 0.1) is 13.2 Å². The second-order valence-corrected chi connectivity index (χ2v) is 4.11. The monoisotopic (exact) mass is 243 g/mol. The maximum Gasteiger partial charge on any atom is 0.243 e. The summed E-state index contributed by atoms with van der Waals surface area (Å²) >= 11 is 0. The zero-order valence-corrected chi connectivity index (χ0v) is 10.3. The Bertz CT molecular complexity index is 267. The van der Waals surface area contributed by atoms with Gasteiger partial charge in [-0.3, -0.25) is 9.59 Å². The fourth-order valence-electron chi connectivity index (χ4n) is 1.64. The molecule has 0 bridgehead atoms. The van der Waals surface area contributed by atoms with Crippen molar-refractivity contribution in [1.29, 1.82) is 0 Å². The molecule has 1 aliphatic rings. The summed E-state index contributed by atoms with van der Waals surface area (Å²) in [5, 5.41) is 2.99. The highest BCUT2D eigenvalue weighted by atomic mass is 16.5. The molecule has 6 nitrogen and oxygen atoms in total. The molecular weight excluding hydrogens is 222 g/mol. The van der Waals surface area contributed by atoms with E-state index in [2.05, 4.69) is 5.32 Å². The number of carbonyl (C=O) groups is 2. The molecule has 0 unspecified atom stereocenters. The molecule has 0 aliphatic heterocycles. The first-order valence-corrected chi connectivity index (χ1v) is 6.01. The molecule has 1 rings (SSSR count). The number of amides is 2. The first-order chi connectivity index (χ1) is 8.15. The van der Waals surface area contributed by atoms with E-state index in [0.717, 1.165) is 19.4 Å². The number of hydrogen-bond donors (Lipinski definition) is 2. The van der Waals surface area contributed by atoms with Crippen LogP contribution in [0.3, 0.4) is 0 Å². The van der Waals surface area contributed by atoms with Gasteiger partial charge in [0, 0.05) is 19.1 Å². The summed E-state index contributed by atoms with van der Waals surface area (Å²) in [6.45, 7) is 3.94. The van der Waals surface area contributed by atoms with E-state index in [9.17, 15) is 9.59 Å². The van der Waals surface area contributed by atoms with Gasteiger partial charge in [0.25, 0.3) is 0 Å². The van der Waals surface area contributed by atoms with E-state index >= 15 is 0 Å². The fraction of sp³-hybridized carbons (Fsp3) is 0.818. The summed E-state index contributed by atoms with van der Waals surface area (Å²) in [4.78, 5) is 24.0. The Morgan fingerprint density at radius 2 is 2.18 bits per heavy atom. The lowest BCUT2D eigenvalue weighted by atomic mass is 10.4. The van der Waals surface area contributed by atoms with Gasteiger partial charge in [0.1, 0.15) is 6.61 Å². The number of likely N-dealkylation sites (N-methyl/N-ethyl adjacent to an activating group) is 1. The molecule has 0 aromatic carbocycles. The standard InChI is InChI=1S/C11H21N3O3/c1-2-14(9-3-4-9)11(16)7-13-5-6-17-8-10(12)15/h9,13H,2-8H2,1H3,(H2,12,15). The summed E-state index contributed by atoms with van der Waals surface area (Å²) in [6, 6.07) is 0.459. The van der Waals surface area contributed by atoms with Crippen molar-refractivity contribution in [2.75, 3.05) is 32.8 Å². The molecule has 0 atom stereocenters. The summed E-state index contributed by atoms with van der Waals surface area (Å²) in [5.41, 5.74) is 4.91. The molecule has 6 heteroatoms. The fourth-order valence-corrected chi connectivity index (χ4v) is 1.64. The van der Waals surface area contributed by atoms with E-state index < -0.39 is 5.91 Å². The molecule has 0 aromatic heterocycles. The molecule has 1 aliphatic carbocycles. The topological polar surface area (TPSA) is 84.7 Å². The molecule has 0 spiro atoms. The van der Waals surface area contributed by atoms with Gasteiger partial charge < -0.3 is 20.7 Å². The maximum absolute atomic E-state index is 11.7. The highest BCUT2D eigenvalue weighted by molar-refractivity contribution is 5.78. The van der Waals surface area contributed by atoms with Crippen molar-refractivity contribution in [3.05, 3.63) is 0 Å². The van der Waals surface area contributed by atoms with Crippen molar-refractivity contribution in [2.45, 2.75) is 25.8 Å². The summed E-state index contributed by atoms with van der Waals surface area (Å²) in [6.07, 6.45) is 2.25. The number of nitrogens with two attached hydrogens (primary N) is 1. The minimum atomic E-state index is -0.480. The third-order valence-corrected chi connectivity index (χ3v) is 2.59. The molecule has 0 heterocycles. The minimum Gasteiger partial charge on any atom is -0.370 e. The van der Waals surface area contributed by atoms with Crippen LogP contribution in [0.2, 0.25) is 0 Å². The van der Waals surface area contributed by atoms with Gasteiger partial charge in [0.2, 0.25) is 11.8 Å². The third kappa shape index (κ3) is 5.65. The van der Waals surface area contributed by atoms with Crippen molar-refractivity contribution in [3.8, 4) is 0 Å². The summed E-state index contributed by atoms with van der Waals surface area (Å²) < 4.78 is 4.96. The van der Waals surface area contributed by atoms with Crippen molar-refractivity contribution >= 4 is 11.8 Å². The minimum absolute atomic E-state index is 0.0706. The summed E-state index contributed by atoms with van der Waals surface area (Å²) in [5.74, 6) is -0.350. The van der Waals surface area contributed by atoms with Gasteiger partial charge >= 0.3 is 0 Å². The molecule has 17 heavy (non-hydrogen) atoms. The van der Waals surface area contributed by atoms with Crippen LogP contribution in [-0.2, 0) is 14.3 Å². The van der Waals surface area contributed by atoms with E-state index in [-0.39, 0.29) is 12.5 Å². The van der Waals surface area contributed by atoms with Gasteiger partial charge in [-0.25, -0.2) is 0 Å². The number of ether oxygens (including phenoxy) is 1. The first kappa shape index (κ1) is 13.9. The smallest absolute Gasteiger partial charge is 0.243 e. The quantitative estimate of drug-likeness (QED) is 0.513. The normalized spacial score (nSPS) is 14.6. The lowest BCUT2D eigenvalue weighted by Crippen LogP contribution is -2.40. The predicted octanol–water partition coefficient (Wildman–Crippen LogP) is -0.911. The van der Waals surface area contributed by atoms with Gasteiger partial charge in [-0.2, -0.15) is 0 Å². The van der Waals surface area contributed by atoms with Crippen LogP contribution in [0.5, 0.6) is 0 Å². The Morgan fingerprint density at radius 1 is 1.47 bits per heavy atom. The molecule has 3 N–H and O–H groups in total. The molecular formula is C11H21N3O3. The van der Waals surface area contributed by atoms with Crippen LogP contribution in [-0.4, -0.2) is 55.6 Å². The number of carbonyl (C=O) groups excluding carboxylic acids is 2. The van der Waals surface area contributed by atoms with Gasteiger partial charge in [-0.05, 0) is 19.8 Å². The van der Waals surface area contributed by atoms with Crippen molar-refractivity contribution in [2.24, 2.45) is 5.73 Å². The van der Waals surface area contributed by atoms with Gasteiger partial charge in [-0.15, -0.1) is 0 Å². The van der Waals surface area contributed by atoms with Crippen LogP contribution in [0.4, 0.5) is 0 Å². The van der Waals surface area contributed by atoms with E-state index in [4.69, 9.17) is 10.5 Å². The van der Waals surface area contributed by atoms with Crippen LogP contribution >= 0.6 is 0 Å². The second kappa shape index (κ2) is 7.24. The zero-order chi connectivity index (χ0) is 12.7. The van der Waals surface area contributed by atoms with E-state index in [0.29, 0.717) is 25.7 Å². The molecule has 2 amide bonds.